The van der Waals surface area contributed by atoms with E-state index in [1.165, 1.54) is 6.20 Å². The summed E-state index contributed by atoms with van der Waals surface area (Å²) in [5.74, 6) is 0. The van der Waals surface area contributed by atoms with Crippen LogP contribution in [0.15, 0.2) is 6.20 Å². The molecule has 0 aromatic carbocycles. The quantitative estimate of drug-likeness (QED) is 0.623. The standard InChI is InChI=1S/C8H13N3O3S/c1-8(2,12)5-10(3)7-9-4-6(15-7)11(13)14/h4,12H,5H2,1-3H3. The molecule has 1 aromatic rings. The minimum atomic E-state index is -0.852. The SMILES string of the molecule is CN(CC(C)(C)O)c1ncc([N+](=O)[O-])s1. The third kappa shape index (κ3) is 3.45. The van der Waals surface area contributed by atoms with Crippen molar-refractivity contribution in [3.8, 4) is 0 Å². The topological polar surface area (TPSA) is 79.5 Å². The fourth-order valence-corrected chi connectivity index (χ4v) is 1.86. The van der Waals surface area contributed by atoms with E-state index in [0.29, 0.717) is 11.7 Å². The molecule has 0 saturated heterocycles. The van der Waals surface area contributed by atoms with Crippen LogP contribution in [0.4, 0.5) is 10.1 Å². The highest BCUT2D eigenvalue weighted by atomic mass is 32.1. The van der Waals surface area contributed by atoms with Gasteiger partial charge < -0.3 is 10.0 Å². The van der Waals surface area contributed by atoms with Gasteiger partial charge in [0.05, 0.1) is 10.5 Å². The van der Waals surface area contributed by atoms with Gasteiger partial charge >= 0.3 is 5.00 Å². The Kier molecular flexibility index (Phi) is 3.25. The Bertz CT molecular complexity index is 358. The molecule has 0 aliphatic rings. The smallest absolute Gasteiger partial charge is 0.345 e. The van der Waals surface area contributed by atoms with Gasteiger partial charge in [-0.3, -0.25) is 10.1 Å². The number of nitro groups is 1. The van der Waals surface area contributed by atoms with Gasteiger partial charge in [0.2, 0.25) is 0 Å². The molecule has 0 aliphatic carbocycles. The maximum atomic E-state index is 10.4. The van der Waals surface area contributed by atoms with Gasteiger partial charge in [0, 0.05) is 13.6 Å². The number of aliphatic hydroxyl groups is 1. The normalized spacial score (nSPS) is 11.5. The number of nitrogens with zero attached hydrogens (tertiary/aromatic N) is 3. The van der Waals surface area contributed by atoms with E-state index >= 15 is 0 Å². The maximum absolute atomic E-state index is 10.4. The largest absolute Gasteiger partial charge is 0.389 e. The van der Waals surface area contributed by atoms with Crippen molar-refractivity contribution in [1.82, 2.24) is 4.98 Å². The van der Waals surface area contributed by atoms with Crippen molar-refractivity contribution in [1.29, 1.82) is 0 Å². The molecule has 0 saturated carbocycles. The van der Waals surface area contributed by atoms with Crippen LogP contribution in [0, 0.1) is 10.1 Å². The van der Waals surface area contributed by atoms with Gasteiger partial charge in [0.15, 0.2) is 5.13 Å². The van der Waals surface area contributed by atoms with Crippen molar-refractivity contribution in [2.24, 2.45) is 0 Å². The molecule has 7 heteroatoms. The predicted molar refractivity (Wildman–Crippen MR) is 58.3 cm³/mol. The van der Waals surface area contributed by atoms with Crippen LogP contribution in [0.25, 0.3) is 0 Å². The molecular formula is C8H13N3O3S. The van der Waals surface area contributed by atoms with Crippen LogP contribution in [-0.4, -0.2) is 34.2 Å². The Labute approximate surface area is 91.3 Å². The lowest BCUT2D eigenvalue weighted by atomic mass is 10.1. The van der Waals surface area contributed by atoms with E-state index < -0.39 is 10.5 Å². The summed E-state index contributed by atoms with van der Waals surface area (Å²) in [6.45, 7) is 3.72. The van der Waals surface area contributed by atoms with E-state index in [1.807, 2.05) is 0 Å². The number of likely N-dealkylation sites (N-methyl/N-ethyl adjacent to an activating group) is 1. The molecule has 0 amide bonds. The average molecular weight is 231 g/mol. The average Bonchev–Trinajstić information content (AvgIpc) is 2.47. The van der Waals surface area contributed by atoms with Crippen LogP contribution >= 0.6 is 11.3 Å². The first kappa shape index (κ1) is 11.9. The zero-order chi connectivity index (χ0) is 11.6. The van der Waals surface area contributed by atoms with Crippen LogP contribution in [0.5, 0.6) is 0 Å². The van der Waals surface area contributed by atoms with Gasteiger partial charge in [-0.1, -0.05) is 0 Å². The molecule has 1 rings (SSSR count). The Morgan fingerprint density at radius 3 is 2.73 bits per heavy atom. The van der Waals surface area contributed by atoms with Crippen LogP contribution in [-0.2, 0) is 0 Å². The summed E-state index contributed by atoms with van der Waals surface area (Å²) < 4.78 is 0. The first-order valence-corrected chi connectivity index (χ1v) is 5.15. The number of hydrogen-bond acceptors (Lipinski definition) is 6. The third-order valence-corrected chi connectivity index (χ3v) is 2.68. The van der Waals surface area contributed by atoms with E-state index in [9.17, 15) is 15.2 Å². The highest BCUT2D eigenvalue weighted by molar-refractivity contribution is 7.18. The van der Waals surface area contributed by atoms with Crippen molar-refractivity contribution >= 4 is 21.5 Å². The van der Waals surface area contributed by atoms with E-state index in [4.69, 9.17) is 0 Å². The summed E-state index contributed by atoms with van der Waals surface area (Å²) in [6, 6.07) is 0. The zero-order valence-corrected chi connectivity index (χ0v) is 9.61. The van der Waals surface area contributed by atoms with Crippen LogP contribution in [0.1, 0.15) is 13.8 Å². The number of anilines is 1. The molecule has 6 nitrogen and oxygen atoms in total. The third-order valence-electron chi connectivity index (χ3n) is 1.61. The molecular weight excluding hydrogens is 218 g/mol. The van der Waals surface area contributed by atoms with Crippen LogP contribution in [0.2, 0.25) is 0 Å². The summed E-state index contributed by atoms with van der Waals surface area (Å²) in [6.07, 6.45) is 1.22. The molecule has 0 unspecified atom stereocenters. The summed E-state index contributed by atoms with van der Waals surface area (Å²) in [5.41, 5.74) is -0.852. The maximum Gasteiger partial charge on any atom is 0.345 e. The molecule has 84 valence electrons. The molecule has 1 N–H and O–H groups in total. The number of hydrogen-bond donors (Lipinski definition) is 1. The van der Waals surface area contributed by atoms with Gasteiger partial charge in [0.25, 0.3) is 0 Å². The van der Waals surface area contributed by atoms with E-state index in [2.05, 4.69) is 4.98 Å². The summed E-state index contributed by atoms with van der Waals surface area (Å²) in [5, 5.41) is 20.5. The van der Waals surface area contributed by atoms with Crippen molar-refractivity contribution in [2.45, 2.75) is 19.4 Å². The minimum absolute atomic E-state index is 0.00703. The fourth-order valence-electron chi connectivity index (χ4n) is 1.17. The minimum Gasteiger partial charge on any atom is -0.389 e. The second-order valence-corrected chi connectivity index (χ2v) is 4.89. The molecule has 0 fully saturated rings. The Morgan fingerprint density at radius 1 is 1.73 bits per heavy atom. The van der Waals surface area contributed by atoms with Crippen molar-refractivity contribution < 1.29 is 10.0 Å². The van der Waals surface area contributed by atoms with Crippen molar-refractivity contribution in [2.75, 3.05) is 18.5 Å². The Balaban J connectivity index is 2.74. The predicted octanol–water partition coefficient (Wildman–Crippen LogP) is 1.26. The molecule has 15 heavy (non-hydrogen) atoms. The lowest BCUT2D eigenvalue weighted by Gasteiger charge is -2.24. The number of rotatable bonds is 4. The number of aromatic nitrogens is 1. The van der Waals surface area contributed by atoms with Gasteiger partial charge in [-0.2, -0.15) is 0 Å². The molecule has 1 aromatic heterocycles. The first-order valence-electron chi connectivity index (χ1n) is 4.33. The van der Waals surface area contributed by atoms with E-state index in [-0.39, 0.29) is 5.00 Å². The van der Waals surface area contributed by atoms with E-state index in [1.54, 1.807) is 25.8 Å². The second-order valence-electron chi connectivity index (χ2n) is 3.91. The van der Waals surface area contributed by atoms with Gasteiger partial charge in [-0.25, -0.2) is 4.98 Å². The molecule has 1 heterocycles. The van der Waals surface area contributed by atoms with Gasteiger partial charge in [-0.05, 0) is 25.2 Å². The highest BCUT2D eigenvalue weighted by Crippen LogP contribution is 2.28. The molecule has 0 atom stereocenters. The molecule has 0 radical (unpaired) electrons. The highest BCUT2D eigenvalue weighted by Gasteiger charge is 2.20. The molecule has 0 aliphatic heterocycles. The monoisotopic (exact) mass is 231 g/mol. The van der Waals surface area contributed by atoms with E-state index in [0.717, 1.165) is 11.3 Å². The first-order chi connectivity index (χ1) is 6.79. The second kappa shape index (κ2) is 4.11. The zero-order valence-electron chi connectivity index (χ0n) is 8.80. The summed E-state index contributed by atoms with van der Waals surface area (Å²) in [4.78, 5) is 15.6. The summed E-state index contributed by atoms with van der Waals surface area (Å²) >= 11 is 0.994. The lowest BCUT2D eigenvalue weighted by molar-refractivity contribution is -0.380. The fraction of sp³-hybridized carbons (Fsp3) is 0.625. The molecule has 0 spiro atoms. The lowest BCUT2D eigenvalue weighted by Crippen LogP contribution is -2.36. The Morgan fingerprint density at radius 2 is 2.33 bits per heavy atom. The van der Waals surface area contributed by atoms with Crippen LogP contribution < -0.4 is 4.90 Å². The molecule has 0 bridgehead atoms. The number of thiazole rings is 1. The van der Waals surface area contributed by atoms with Crippen LogP contribution in [0.3, 0.4) is 0 Å². The summed E-state index contributed by atoms with van der Waals surface area (Å²) in [7, 11) is 1.74. The Hall–Kier alpha value is -1.21. The van der Waals surface area contributed by atoms with Crippen molar-refractivity contribution in [3.05, 3.63) is 16.3 Å². The van der Waals surface area contributed by atoms with Gasteiger partial charge in [0.1, 0.15) is 6.20 Å². The van der Waals surface area contributed by atoms with Gasteiger partial charge in [-0.15, -0.1) is 0 Å². The van der Waals surface area contributed by atoms with Crippen molar-refractivity contribution in [3.63, 3.8) is 0 Å².